The summed E-state index contributed by atoms with van der Waals surface area (Å²) in [6.07, 6.45) is 0. The summed E-state index contributed by atoms with van der Waals surface area (Å²) < 4.78 is 5.43. The lowest BCUT2D eigenvalue weighted by Crippen LogP contribution is -2.35. The van der Waals surface area contributed by atoms with Crippen LogP contribution >= 0.6 is 11.6 Å². The van der Waals surface area contributed by atoms with Gasteiger partial charge in [-0.25, -0.2) is 0 Å². The molecule has 1 aliphatic heterocycles. The molecule has 0 radical (unpaired) electrons. The molecule has 1 unspecified atom stereocenters. The number of likely N-dealkylation sites (tertiary alicyclic amines) is 1. The van der Waals surface area contributed by atoms with Crippen molar-refractivity contribution in [3.63, 3.8) is 0 Å². The molecule has 1 fully saturated rings. The molecule has 0 bridgehead atoms. The first-order chi connectivity index (χ1) is 15.1. The molecule has 0 saturated carbocycles. The first-order valence-electron chi connectivity index (χ1n) is 10.5. The molecule has 2 aromatic rings. The summed E-state index contributed by atoms with van der Waals surface area (Å²) in [5.74, 6) is -0.654. The van der Waals surface area contributed by atoms with Crippen molar-refractivity contribution < 1.29 is 19.4 Å². The summed E-state index contributed by atoms with van der Waals surface area (Å²) in [5, 5.41) is 11.8. The molecular formula is C25H29ClN2O4. The van der Waals surface area contributed by atoms with Crippen LogP contribution in [0, 0.1) is 0 Å². The van der Waals surface area contributed by atoms with Crippen LogP contribution < -0.4 is 4.74 Å². The van der Waals surface area contributed by atoms with Crippen molar-refractivity contribution in [1.29, 1.82) is 0 Å². The molecule has 32 heavy (non-hydrogen) atoms. The van der Waals surface area contributed by atoms with Crippen molar-refractivity contribution in [3.8, 4) is 5.75 Å². The van der Waals surface area contributed by atoms with Gasteiger partial charge in [0, 0.05) is 23.7 Å². The van der Waals surface area contributed by atoms with Gasteiger partial charge in [0.05, 0.1) is 18.7 Å². The largest absolute Gasteiger partial charge is 0.507 e. The fourth-order valence-electron chi connectivity index (χ4n) is 3.90. The Hall–Kier alpha value is -2.83. The molecule has 0 spiro atoms. The van der Waals surface area contributed by atoms with E-state index in [2.05, 4.69) is 0 Å². The Bertz CT molecular complexity index is 1040. The van der Waals surface area contributed by atoms with E-state index in [1.54, 1.807) is 43.5 Å². The zero-order valence-electron chi connectivity index (χ0n) is 19.1. The van der Waals surface area contributed by atoms with Gasteiger partial charge in [-0.05, 0) is 61.5 Å². The minimum atomic E-state index is -0.697. The Labute approximate surface area is 194 Å². The highest BCUT2D eigenvalue weighted by Gasteiger charge is 2.45. The summed E-state index contributed by atoms with van der Waals surface area (Å²) in [6.45, 7) is 4.98. The van der Waals surface area contributed by atoms with Crippen LogP contribution in [0.2, 0.25) is 5.02 Å². The number of rotatable bonds is 7. The predicted molar refractivity (Wildman–Crippen MR) is 126 cm³/mol. The number of hydrogen-bond donors (Lipinski definition) is 1. The molecule has 0 aliphatic carbocycles. The van der Waals surface area contributed by atoms with Crippen LogP contribution in [0.15, 0.2) is 48.0 Å². The molecule has 2 aromatic carbocycles. The van der Waals surface area contributed by atoms with Gasteiger partial charge < -0.3 is 19.6 Å². The maximum Gasteiger partial charge on any atom is 0.295 e. The van der Waals surface area contributed by atoms with E-state index < -0.39 is 17.7 Å². The van der Waals surface area contributed by atoms with Crippen molar-refractivity contribution in [2.45, 2.75) is 25.8 Å². The monoisotopic (exact) mass is 456 g/mol. The second-order valence-electron chi connectivity index (χ2n) is 8.46. The number of likely N-dealkylation sites (N-methyl/N-ethyl adjacent to an activating group) is 1. The molecule has 3 rings (SSSR count). The van der Waals surface area contributed by atoms with Crippen LogP contribution in [-0.4, -0.2) is 60.9 Å². The molecule has 6 nitrogen and oxygen atoms in total. The molecule has 1 N–H and O–H groups in total. The average molecular weight is 457 g/mol. The van der Waals surface area contributed by atoms with Crippen molar-refractivity contribution in [1.82, 2.24) is 9.80 Å². The van der Waals surface area contributed by atoms with Gasteiger partial charge in [-0.15, -0.1) is 0 Å². The van der Waals surface area contributed by atoms with Crippen LogP contribution in [0.3, 0.4) is 0 Å². The summed E-state index contributed by atoms with van der Waals surface area (Å²) in [5.41, 5.74) is 2.17. The maximum atomic E-state index is 13.1. The highest BCUT2D eigenvalue weighted by molar-refractivity contribution is 6.46. The highest BCUT2D eigenvalue weighted by atomic mass is 35.5. The van der Waals surface area contributed by atoms with Crippen molar-refractivity contribution >= 4 is 29.1 Å². The minimum absolute atomic E-state index is 0.0796. The summed E-state index contributed by atoms with van der Waals surface area (Å²) in [6, 6.07) is 11.6. The molecule has 1 amide bonds. The lowest BCUT2D eigenvalue weighted by Gasteiger charge is -2.26. The predicted octanol–water partition coefficient (Wildman–Crippen LogP) is 4.46. The first-order valence-corrected chi connectivity index (χ1v) is 10.9. The number of benzene rings is 2. The van der Waals surface area contributed by atoms with Crippen LogP contribution in [0.1, 0.15) is 42.5 Å². The first kappa shape index (κ1) is 23.8. The number of nitrogens with zero attached hydrogens (tertiary/aromatic N) is 2. The zero-order valence-corrected chi connectivity index (χ0v) is 19.8. The average Bonchev–Trinajstić information content (AvgIpc) is 3.01. The fraction of sp³-hybridized carbons (Fsp3) is 0.360. The molecule has 0 aromatic heterocycles. The third kappa shape index (κ3) is 4.66. The third-order valence-electron chi connectivity index (χ3n) is 5.64. The summed E-state index contributed by atoms with van der Waals surface area (Å²) in [7, 11) is 5.40. The van der Waals surface area contributed by atoms with Gasteiger partial charge in [0.2, 0.25) is 0 Å². The van der Waals surface area contributed by atoms with Gasteiger partial charge >= 0.3 is 0 Å². The van der Waals surface area contributed by atoms with E-state index in [1.165, 1.54) is 4.90 Å². The molecule has 1 atom stereocenters. The van der Waals surface area contributed by atoms with Crippen molar-refractivity contribution in [3.05, 3.63) is 69.8 Å². The molecule has 1 heterocycles. The van der Waals surface area contributed by atoms with E-state index in [-0.39, 0.29) is 17.3 Å². The SMILES string of the molecule is COc1ccc(/C(O)=C2/C(=O)C(=O)N(CCN(C)C)C2c2ccc(Cl)cc2)cc1C(C)C. The Morgan fingerprint density at radius 3 is 2.38 bits per heavy atom. The van der Waals surface area contributed by atoms with Crippen molar-refractivity contribution in [2.75, 3.05) is 34.3 Å². The zero-order chi connectivity index (χ0) is 23.6. The van der Waals surface area contributed by atoms with Gasteiger partial charge in [-0.2, -0.15) is 0 Å². The molecule has 7 heteroatoms. The minimum Gasteiger partial charge on any atom is -0.507 e. The number of ketones is 1. The van der Waals surface area contributed by atoms with Gasteiger partial charge in [0.15, 0.2) is 0 Å². The van der Waals surface area contributed by atoms with E-state index >= 15 is 0 Å². The number of aliphatic hydroxyl groups excluding tert-OH is 1. The summed E-state index contributed by atoms with van der Waals surface area (Å²) in [4.78, 5) is 29.5. The van der Waals surface area contributed by atoms with E-state index in [1.807, 2.05) is 38.9 Å². The van der Waals surface area contributed by atoms with Crippen LogP contribution in [0.5, 0.6) is 5.75 Å². The molecular weight excluding hydrogens is 428 g/mol. The number of carbonyl (C=O) groups excluding carboxylic acids is 2. The normalized spacial score (nSPS) is 18.1. The van der Waals surface area contributed by atoms with E-state index in [0.717, 1.165) is 5.56 Å². The number of ether oxygens (including phenoxy) is 1. The smallest absolute Gasteiger partial charge is 0.295 e. The van der Waals surface area contributed by atoms with E-state index in [9.17, 15) is 14.7 Å². The Morgan fingerprint density at radius 2 is 1.81 bits per heavy atom. The van der Waals surface area contributed by atoms with E-state index in [4.69, 9.17) is 16.3 Å². The maximum absolute atomic E-state index is 13.1. The lowest BCUT2D eigenvalue weighted by molar-refractivity contribution is -0.140. The number of amides is 1. The van der Waals surface area contributed by atoms with Crippen LogP contribution in [0.4, 0.5) is 0 Å². The van der Waals surface area contributed by atoms with Crippen molar-refractivity contribution in [2.24, 2.45) is 0 Å². The molecule has 1 aliphatic rings. The number of halogens is 1. The van der Waals surface area contributed by atoms with E-state index in [0.29, 0.717) is 35.0 Å². The number of carbonyl (C=O) groups is 2. The topological polar surface area (TPSA) is 70.1 Å². The number of hydrogen-bond acceptors (Lipinski definition) is 5. The van der Waals surface area contributed by atoms with Gasteiger partial charge in [-0.1, -0.05) is 37.6 Å². The lowest BCUT2D eigenvalue weighted by atomic mass is 9.93. The Morgan fingerprint density at radius 1 is 1.16 bits per heavy atom. The van der Waals surface area contributed by atoms with Crippen LogP contribution in [-0.2, 0) is 9.59 Å². The molecule has 170 valence electrons. The Balaban J connectivity index is 2.17. The third-order valence-corrected chi connectivity index (χ3v) is 5.89. The number of methoxy groups -OCH3 is 1. The van der Waals surface area contributed by atoms with Gasteiger partial charge in [0.25, 0.3) is 11.7 Å². The second kappa shape index (κ2) is 9.76. The number of aliphatic hydroxyl groups is 1. The number of Topliss-reactive ketones (excluding diaryl/α,β-unsaturated/α-hetero) is 1. The van der Waals surface area contributed by atoms with Crippen LogP contribution in [0.25, 0.3) is 5.76 Å². The fourth-order valence-corrected chi connectivity index (χ4v) is 4.02. The molecule has 1 saturated heterocycles. The quantitative estimate of drug-likeness (QED) is 0.378. The second-order valence-corrected chi connectivity index (χ2v) is 8.90. The Kier molecular flexibility index (Phi) is 7.26. The highest BCUT2D eigenvalue weighted by Crippen LogP contribution is 2.40. The standard InChI is InChI=1S/C25H29ClN2O4/c1-15(2)19-14-17(8-11-20(19)32-5)23(29)21-22(16-6-9-18(26)10-7-16)28(13-12-27(3)4)25(31)24(21)30/h6-11,14-15,22,29H,12-13H2,1-5H3/b23-21-. The van der Waals surface area contributed by atoms with Gasteiger partial charge in [-0.3, -0.25) is 9.59 Å². The van der Waals surface area contributed by atoms with Gasteiger partial charge in [0.1, 0.15) is 11.5 Å². The summed E-state index contributed by atoms with van der Waals surface area (Å²) >= 11 is 6.06.